The van der Waals surface area contributed by atoms with Crippen molar-refractivity contribution in [1.29, 1.82) is 0 Å². The molecule has 4 nitrogen and oxygen atoms in total. The van der Waals surface area contributed by atoms with Gasteiger partial charge in [0.15, 0.2) is 0 Å². The van der Waals surface area contributed by atoms with Gasteiger partial charge in [0.25, 0.3) is 0 Å². The standard InChI is InChI=1S/C7H4FN4/c8-6-3-1-5(2-4-6)7-9-11-12-10-7/h1-4H. The molecule has 1 aliphatic rings. The summed E-state index contributed by atoms with van der Waals surface area (Å²) in [7, 11) is 0. The maximum Gasteiger partial charge on any atom is 0.207 e. The van der Waals surface area contributed by atoms with E-state index in [1.807, 2.05) is 0 Å². The number of halogens is 1. The quantitative estimate of drug-likeness (QED) is 0.602. The third-order valence-electron chi connectivity index (χ3n) is 1.42. The summed E-state index contributed by atoms with van der Waals surface area (Å²) >= 11 is 0. The molecule has 0 fully saturated rings. The summed E-state index contributed by atoms with van der Waals surface area (Å²) in [5, 5.41) is 10.6. The minimum absolute atomic E-state index is 0.286. The van der Waals surface area contributed by atoms with Crippen molar-refractivity contribution < 1.29 is 4.39 Å². The molecule has 0 amide bonds. The van der Waals surface area contributed by atoms with E-state index in [1.54, 1.807) is 12.1 Å². The van der Waals surface area contributed by atoms with Gasteiger partial charge in [-0.15, -0.1) is 10.2 Å². The second kappa shape index (κ2) is 2.69. The van der Waals surface area contributed by atoms with Gasteiger partial charge in [-0.3, -0.25) is 0 Å². The zero-order chi connectivity index (χ0) is 8.39. The number of benzene rings is 1. The second-order valence-electron chi connectivity index (χ2n) is 2.21. The summed E-state index contributed by atoms with van der Waals surface area (Å²) in [4.78, 5) is 0. The summed E-state index contributed by atoms with van der Waals surface area (Å²) in [5.74, 6) is 0.126. The fourth-order valence-electron chi connectivity index (χ4n) is 0.859. The average molecular weight is 163 g/mol. The Morgan fingerprint density at radius 2 is 1.83 bits per heavy atom. The molecule has 59 valence electrons. The van der Waals surface area contributed by atoms with Crippen molar-refractivity contribution in [3.8, 4) is 0 Å². The number of nitrogens with zero attached hydrogens (tertiary/aromatic N) is 4. The lowest BCUT2D eigenvalue weighted by Gasteiger charge is -1.92. The Hall–Kier alpha value is -1.78. The molecule has 0 saturated heterocycles. The van der Waals surface area contributed by atoms with Crippen LogP contribution in [0.5, 0.6) is 0 Å². The van der Waals surface area contributed by atoms with E-state index in [1.165, 1.54) is 12.1 Å². The molecule has 1 aromatic carbocycles. The zero-order valence-corrected chi connectivity index (χ0v) is 5.98. The average Bonchev–Trinajstić information content (AvgIpc) is 2.58. The van der Waals surface area contributed by atoms with Crippen molar-refractivity contribution in [2.24, 2.45) is 15.4 Å². The molecule has 5 heteroatoms. The molecule has 0 atom stereocenters. The highest BCUT2D eigenvalue weighted by molar-refractivity contribution is 5.99. The molecule has 1 heterocycles. The Bertz CT molecular complexity index is 341. The van der Waals surface area contributed by atoms with Crippen LogP contribution in [-0.4, -0.2) is 5.84 Å². The van der Waals surface area contributed by atoms with Gasteiger partial charge < -0.3 is 0 Å². The molecule has 1 aliphatic heterocycles. The van der Waals surface area contributed by atoms with Gasteiger partial charge in [-0.05, 0) is 35.0 Å². The second-order valence-corrected chi connectivity index (χ2v) is 2.21. The third kappa shape index (κ3) is 1.16. The molecule has 0 aromatic heterocycles. The lowest BCUT2D eigenvalue weighted by Crippen LogP contribution is -1.93. The van der Waals surface area contributed by atoms with Crippen LogP contribution in [0.2, 0.25) is 0 Å². The molecule has 0 saturated carbocycles. The Kier molecular flexibility index (Phi) is 1.55. The predicted octanol–water partition coefficient (Wildman–Crippen LogP) is 1.47. The van der Waals surface area contributed by atoms with E-state index in [0.717, 1.165) is 0 Å². The van der Waals surface area contributed by atoms with Crippen LogP contribution in [0, 0.1) is 5.82 Å². The molecule has 0 bridgehead atoms. The molecular formula is C7H4FN4. The Labute approximate surface area is 67.8 Å². The highest BCUT2D eigenvalue weighted by Gasteiger charge is 2.06. The molecule has 0 unspecified atom stereocenters. The summed E-state index contributed by atoms with van der Waals surface area (Å²) in [5.41, 5.74) is 4.03. The van der Waals surface area contributed by atoms with Crippen molar-refractivity contribution in [2.75, 3.05) is 0 Å². The van der Waals surface area contributed by atoms with Crippen molar-refractivity contribution in [3.05, 3.63) is 35.6 Å². The Morgan fingerprint density at radius 1 is 1.08 bits per heavy atom. The third-order valence-corrected chi connectivity index (χ3v) is 1.42. The van der Waals surface area contributed by atoms with Crippen LogP contribution in [0.25, 0.3) is 0 Å². The van der Waals surface area contributed by atoms with Crippen LogP contribution < -0.4 is 5.53 Å². The molecule has 0 N–H and O–H groups in total. The summed E-state index contributed by atoms with van der Waals surface area (Å²) < 4.78 is 12.5. The first-order valence-corrected chi connectivity index (χ1v) is 3.31. The van der Waals surface area contributed by atoms with E-state index in [0.29, 0.717) is 11.4 Å². The molecule has 1 radical (unpaired) electrons. The minimum atomic E-state index is -0.286. The van der Waals surface area contributed by atoms with Crippen LogP contribution in [0.4, 0.5) is 4.39 Å². The molecule has 0 aliphatic carbocycles. The first-order chi connectivity index (χ1) is 5.86. The smallest absolute Gasteiger partial charge is 0.207 e. The fraction of sp³-hybridized carbons (Fsp3) is 0. The lowest BCUT2D eigenvalue weighted by molar-refractivity contribution is 0.628. The number of rotatable bonds is 1. The van der Waals surface area contributed by atoms with E-state index in [9.17, 15) is 4.39 Å². The molecule has 0 spiro atoms. The van der Waals surface area contributed by atoms with Gasteiger partial charge in [0.1, 0.15) is 5.82 Å². The SMILES string of the molecule is Fc1ccc(C2=N[N]N=N2)cc1. The minimum Gasteiger partial charge on any atom is -0.207 e. The van der Waals surface area contributed by atoms with Crippen molar-refractivity contribution >= 4 is 5.84 Å². The van der Waals surface area contributed by atoms with E-state index in [4.69, 9.17) is 0 Å². The number of hydrogen-bond donors (Lipinski definition) is 0. The van der Waals surface area contributed by atoms with Crippen LogP contribution in [0.3, 0.4) is 0 Å². The van der Waals surface area contributed by atoms with Crippen molar-refractivity contribution in [2.45, 2.75) is 0 Å². The summed E-state index contributed by atoms with van der Waals surface area (Å²) in [6, 6.07) is 5.83. The fourth-order valence-corrected chi connectivity index (χ4v) is 0.859. The normalized spacial score (nSPS) is 14.2. The summed E-state index contributed by atoms with van der Waals surface area (Å²) in [6.07, 6.45) is 0. The predicted molar refractivity (Wildman–Crippen MR) is 39.9 cm³/mol. The Balaban J connectivity index is 2.35. The van der Waals surface area contributed by atoms with Gasteiger partial charge in [0.2, 0.25) is 5.84 Å². The number of amidine groups is 1. The van der Waals surface area contributed by atoms with Crippen LogP contribution in [0.15, 0.2) is 39.7 Å². The van der Waals surface area contributed by atoms with Gasteiger partial charge in [0.05, 0.1) is 0 Å². The van der Waals surface area contributed by atoms with E-state index >= 15 is 0 Å². The summed E-state index contributed by atoms with van der Waals surface area (Å²) in [6.45, 7) is 0. The highest BCUT2D eigenvalue weighted by atomic mass is 19.1. The van der Waals surface area contributed by atoms with E-state index in [2.05, 4.69) is 21.0 Å². The molecule has 12 heavy (non-hydrogen) atoms. The van der Waals surface area contributed by atoms with Crippen molar-refractivity contribution in [3.63, 3.8) is 0 Å². The highest BCUT2D eigenvalue weighted by Crippen LogP contribution is 2.07. The topological polar surface area (TPSA) is 51.2 Å². The molecule has 1 aromatic rings. The van der Waals surface area contributed by atoms with E-state index in [-0.39, 0.29) is 5.82 Å². The first kappa shape index (κ1) is 6.90. The largest absolute Gasteiger partial charge is 0.207 e. The first-order valence-electron chi connectivity index (χ1n) is 3.31. The molecule has 2 rings (SSSR count). The van der Waals surface area contributed by atoms with Crippen LogP contribution in [-0.2, 0) is 0 Å². The zero-order valence-electron chi connectivity index (χ0n) is 5.98. The lowest BCUT2D eigenvalue weighted by atomic mass is 10.2. The Morgan fingerprint density at radius 3 is 2.42 bits per heavy atom. The maximum absolute atomic E-state index is 12.5. The van der Waals surface area contributed by atoms with Gasteiger partial charge in [-0.2, -0.15) is 0 Å². The molecular weight excluding hydrogens is 159 g/mol. The maximum atomic E-state index is 12.5. The monoisotopic (exact) mass is 163 g/mol. The van der Waals surface area contributed by atoms with Crippen molar-refractivity contribution in [1.82, 2.24) is 5.53 Å². The number of hydrogen-bond acceptors (Lipinski definition) is 3. The van der Waals surface area contributed by atoms with Gasteiger partial charge >= 0.3 is 0 Å². The van der Waals surface area contributed by atoms with Gasteiger partial charge in [0, 0.05) is 5.56 Å². The van der Waals surface area contributed by atoms with Crippen LogP contribution >= 0.6 is 0 Å². The van der Waals surface area contributed by atoms with Gasteiger partial charge in [-0.25, -0.2) is 4.39 Å². The van der Waals surface area contributed by atoms with E-state index < -0.39 is 0 Å². The van der Waals surface area contributed by atoms with Crippen LogP contribution in [0.1, 0.15) is 5.56 Å². The van der Waals surface area contributed by atoms with Gasteiger partial charge in [-0.1, -0.05) is 0 Å².